The summed E-state index contributed by atoms with van der Waals surface area (Å²) in [5.74, 6) is 0.480. The van der Waals surface area contributed by atoms with Gasteiger partial charge in [-0.05, 0) is 6.08 Å². The van der Waals surface area contributed by atoms with Crippen molar-refractivity contribution in [3.05, 3.63) is 56.1 Å². The van der Waals surface area contributed by atoms with Gasteiger partial charge in [-0.15, -0.1) is 0 Å². The molecule has 6 heteroatoms. The Morgan fingerprint density at radius 1 is 1.26 bits per heavy atom. The van der Waals surface area contributed by atoms with Crippen molar-refractivity contribution in [3.63, 3.8) is 0 Å². The second-order valence-electron chi connectivity index (χ2n) is 3.86. The van der Waals surface area contributed by atoms with Gasteiger partial charge < -0.3 is 5.11 Å². The zero-order chi connectivity index (χ0) is 13.2. The molecular weight excluding hydrogens is 262 g/mol. The Bertz CT molecular complexity index is 754. The van der Waals surface area contributed by atoms with Crippen LogP contribution in [0.4, 0.5) is 0 Å². The van der Waals surface area contributed by atoms with Crippen LogP contribution in [0.5, 0.6) is 5.88 Å². The molecule has 2 heterocycles. The molecule has 19 heavy (non-hydrogen) atoms. The van der Waals surface area contributed by atoms with Gasteiger partial charge in [0.25, 0.3) is 0 Å². The van der Waals surface area contributed by atoms with Gasteiger partial charge in [-0.3, -0.25) is 9.78 Å². The van der Waals surface area contributed by atoms with E-state index < -0.39 is 0 Å². The first-order valence-electron chi connectivity index (χ1n) is 5.54. The predicted molar refractivity (Wildman–Crippen MR) is 76.1 cm³/mol. The van der Waals surface area contributed by atoms with Gasteiger partial charge in [0.2, 0.25) is 5.88 Å². The van der Waals surface area contributed by atoms with Gasteiger partial charge >= 0.3 is 4.87 Å². The lowest BCUT2D eigenvalue weighted by molar-refractivity contribution is 0.455. The maximum absolute atomic E-state index is 11.1. The third-order valence-electron chi connectivity index (χ3n) is 2.52. The van der Waals surface area contributed by atoms with Gasteiger partial charge in [-0.1, -0.05) is 41.7 Å². The molecule has 0 bridgehead atoms. The highest BCUT2D eigenvalue weighted by Crippen LogP contribution is 2.21. The summed E-state index contributed by atoms with van der Waals surface area (Å²) in [4.78, 5) is 22.1. The molecule has 3 rings (SSSR count). The summed E-state index contributed by atoms with van der Waals surface area (Å²) in [6.07, 6.45) is 3.23. The van der Waals surface area contributed by atoms with Crippen molar-refractivity contribution in [2.75, 3.05) is 0 Å². The molecular formula is C13H9N3O2S. The largest absolute Gasteiger partial charge is 0.493 e. The molecule has 1 aromatic carbocycles. The zero-order valence-electron chi connectivity index (χ0n) is 9.70. The number of allylic oxidation sites excluding steroid dienone is 1. The number of aliphatic imine (C=N–C) groups is 2. The molecule has 94 valence electrons. The number of H-pyrrole nitrogens is 1. The van der Waals surface area contributed by atoms with E-state index in [1.807, 2.05) is 30.3 Å². The summed E-state index contributed by atoms with van der Waals surface area (Å²) in [7, 11) is 0. The lowest BCUT2D eigenvalue weighted by Crippen LogP contribution is -1.91. The number of nitrogens with zero attached hydrogens (tertiary/aromatic N) is 2. The Labute approximate surface area is 112 Å². The predicted octanol–water partition coefficient (Wildman–Crippen LogP) is 2.01. The van der Waals surface area contributed by atoms with E-state index in [1.165, 1.54) is 0 Å². The molecule has 0 aliphatic carbocycles. The topological polar surface area (TPSA) is 77.8 Å². The van der Waals surface area contributed by atoms with E-state index in [-0.39, 0.29) is 10.8 Å². The number of aromatic hydroxyl groups is 1. The maximum Gasteiger partial charge on any atom is 0.307 e. The van der Waals surface area contributed by atoms with Crippen molar-refractivity contribution >= 4 is 29.5 Å². The van der Waals surface area contributed by atoms with Crippen LogP contribution in [0.1, 0.15) is 10.4 Å². The van der Waals surface area contributed by atoms with E-state index in [2.05, 4.69) is 15.0 Å². The molecule has 0 unspecified atom stereocenters. The van der Waals surface area contributed by atoms with Gasteiger partial charge in [-0.25, -0.2) is 9.98 Å². The molecule has 2 aromatic rings. The number of aromatic nitrogens is 1. The first-order chi connectivity index (χ1) is 9.22. The van der Waals surface area contributed by atoms with Crippen molar-refractivity contribution < 1.29 is 5.11 Å². The number of amidine groups is 1. The molecule has 0 radical (unpaired) electrons. The van der Waals surface area contributed by atoms with E-state index in [0.29, 0.717) is 16.4 Å². The summed E-state index contributed by atoms with van der Waals surface area (Å²) in [6, 6.07) is 9.60. The van der Waals surface area contributed by atoms with Crippen molar-refractivity contribution in [2.24, 2.45) is 9.98 Å². The van der Waals surface area contributed by atoms with Gasteiger partial charge in [-0.2, -0.15) is 0 Å². The summed E-state index contributed by atoms with van der Waals surface area (Å²) in [6.45, 7) is 0. The molecule has 0 spiro atoms. The van der Waals surface area contributed by atoms with Crippen LogP contribution in [0.25, 0.3) is 6.08 Å². The van der Waals surface area contributed by atoms with E-state index in [1.54, 1.807) is 12.3 Å². The Morgan fingerprint density at radius 3 is 2.74 bits per heavy atom. The van der Waals surface area contributed by atoms with Gasteiger partial charge in [0, 0.05) is 5.56 Å². The Balaban J connectivity index is 1.94. The van der Waals surface area contributed by atoms with Crippen LogP contribution in [0.2, 0.25) is 0 Å². The van der Waals surface area contributed by atoms with Crippen molar-refractivity contribution in [1.82, 2.24) is 4.98 Å². The Kier molecular flexibility index (Phi) is 2.85. The lowest BCUT2D eigenvalue weighted by atomic mass is 10.2. The van der Waals surface area contributed by atoms with Crippen LogP contribution in [-0.4, -0.2) is 22.1 Å². The van der Waals surface area contributed by atoms with E-state index in [9.17, 15) is 9.90 Å². The fourth-order valence-corrected chi connectivity index (χ4v) is 2.34. The minimum absolute atomic E-state index is 0.140. The average molecular weight is 271 g/mol. The van der Waals surface area contributed by atoms with Crippen LogP contribution in [0, 0.1) is 0 Å². The second kappa shape index (κ2) is 4.66. The standard InChI is InChI=1S/C13H9N3O2S/c17-12-10(19-13(18)16-12)6-9-7-14-11(15-9)8-4-2-1-3-5-8/h1-7,17H,(H,16,18)/b9-6+. The van der Waals surface area contributed by atoms with Crippen LogP contribution < -0.4 is 4.87 Å². The monoisotopic (exact) mass is 271 g/mol. The van der Waals surface area contributed by atoms with E-state index >= 15 is 0 Å². The first kappa shape index (κ1) is 11.6. The molecule has 0 amide bonds. The number of hydrogen-bond acceptors (Lipinski definition) is 5. The van der Waals surface area contributed by atoms with Crippen molar-refractivity contribution in [2.45, 2.75) is 0 Å². The van der Waals surface area contributed by atoms with Gasteiger partial charge in [0.1, 0.15) is 0 Å². The van der Waals surface area contributed by atoms with E-state index in [4.69, 9.17) is 0 Å². The van der Waals surface area contributed by atoms with E-state index in [0.717, 1.165) is 16.9 Å². The summed E-state index contributed by atoms with van der Waals surface area (Å²) < 4.78 is 0. The molecule has 0 fully saturated rings. The molecule has 1 aliphatic heterocycles. The summed E-state index contributed by atoms with van der Waals surface area (Å²) in [5.41, 5.74) is 1.53. The maximum atomic E-state index is 11.1. The minimum atomic E-state index is -0.299. The second-order valence-corrected chi connectivity index (χ2v) is 4.87. The zero-order valence-corrected chi connectivity index (χ0v) is 10.5. The van der Waals surface area contributed by atoms with Crippen LogP contribution in [0.15, 0.2) is 50.8 Å². The number of benzene rings is 1. The summed E-state index contributed by atoms with van der Waals surface area (Å²) >= 11 is 0.930. The molecule has 0 atom stereocenters. The van der Waals surface area contributed by atoms with Gasteiger partial charge in [0.15, 0.2) is 5.84 Å². The fourth-order valence-electron chi connectivity index (χ4n) is 1.67. The number of hydrogen-bond donors (Lipinski definition) is 2. The van der Waals surface area contributed by atoms with Crippen LogP contribution in [0.3, 0.4) is 0 Å². The molecule has 0 saturated heterocycles. The quantitative estimate of drug-likeness (QED) is 0.876. The number of nitrogens with one attached hydrogen (secondary N) is 1. The van der Waals surface area contributed by atoms with Crippen LogP contribution >= 0.6 is 11.3 Å². The fraction of sp³-hybridized carbons (Fsp3) is 0. The van der Waals surface area contributed by atoms with Gasteiger partial charge in [0.05, 0.1) is 16.8 Å². The number of aromatic amines is 1. The third-order valence-corrected chi connectivity index (χ3v) is 3.34. The highest BCUT2D eigenvalue weighted by atomic mass is 32.1. The third kappa shape index (κ3) is 2.38. The van der Waals surface area contributed by atoms with Crippen LogP contribution in [-0.2, 0) is 0 Å². The minimum Gasteiger partial charge on any atom is -0.493 e. The highest BCUT2D eigenvalue weighted by Gasteiger charge is 2.10. The Morgan fingerprint density at radius 2 is 2.05 bits per heavy atom. The summed E-state index contributed by atoms with van der Waals surface area (Å²) in [5, 5.41) is 9.49. The smallest absolute Gasteiger partial charge is 0.307 e. The number of thiazole rings is 1. The number of rotatable bonds is 2. The molecule has 1 aromatic heterocycles. The Hall–Kier alpha value is -2.47. The van der Waals surface area contributed by atoms with Crippen molar-refractivity contribution in [1.29, 1.82) is 0 Å². The lowest BCUT2D eigenvalue weighted by Gasteiger charge is -1.94. The average Bonchev–Trinajstić information content (AvgIpc) is 2.99. The molecule has 2 N–H and O–H groups in total. The molecule has 5 nitrogen and oxygen atoms in total. The normalized spacial score (nSPS) is 16.0. The molecule has 0 saturated carbocycles. The first-order valence-corrected chi connectivity index (χ1v) is 6.36. The SMILES string of the molecule is O=c1[nH]c(O)c(/C=C2\C=NC(c3ccccc3)=N2)s1. The van der Waals surface area contributed by atoms with Crippen molar-refractivity contribution in [3.8, 4) is 5.88 Å². The molecule has 1 aliphatic rings. The highest BCUT2D eigenvalue weighted by molar-refractivity contribution is 7.10.